The van der Waals surface area contributed by atoms with Gasteiger partial charge in [-0.05, 0) is 25.8 Å². The van der Waals surface area contributed by atoms with Crippen molar-refractivity contribution in [3.05, 3.63) is 47.5 Å². The summed E-state index contributed by atoms with van der Waals surface area (Å²) in [5.41, 5.74) is 1.55. The lowest BCUT2D eigenvalue weighted by molar-refractivity contribution is 0.0415. The highest BCUT2D eigenvalue weighted by Gasteiger charge is 2.45. The van der Waals surface area contributed by atoms with Gasteiger partial charge in [-0.2, -0.15) is 0 Å². The topological polar surface area (TPSA) is 20.2 Å². The zero-order valence-electron chi connectivity index (χ0n) is 9.62. The molecule has 1 nitrogen and oxygen atoms in total. The highest BCUT2D eigenvalue weighted by atomic mass is 16.3. The van der Waals surface area contributed by atoms with E-state index in [1.54, 1.807) is 0 Å². The Balaban J connectivity index is 2.47. The zero-order chi connectivity index (χ0) is 11.1. The SMILES string of the molecule is Cc1cccc(C2(C)CC=CC2(C)O)c1. The molecule has 2 unspecified atom stereocenters. The average molecular weight is 202 g/mol. The van der Waals surface area contributed by atoms with Gasteiger partial charge >= 0.3 is 0 Å². The van der Waals surface area contributed by atoms with Crippen molar-refractivity contribution in [3.63, 3.8) is 0 Å². The van der Waals surface area contributed by atoms with E-state index in [0.717, 1.165) is 6.42 Å². The molecule has 0 saturated carbocycles. The summed E-state index contributed by atoms with van der Waals surface area (Å²) in [6, 6.07) is 8.42. The summed E-state index contributed by atoms with van der Waals surface area (Å²) in [5.74, 6) is 0. The summed E-state index contributed by atoms with van der Waals surface area (Å²) in [7, 11) is 0. The first kappa shape index (κ1) is 10.4. The monoisotopic (exact) mass is 202 g/mol. The molecular formula is C14H18O. The Morgan fingerprint density at radius 2 is 2.00 bits per heavy atom. The Morgan fingerprint density at radius 1 is 1.27 bits per heavy atom. The van der Waals surface area contributed by atoms with Crippen LogP contribution in [0.25, 0.3) is 0 Å². The number of hydrogen-bond donors (Lipinski definition) is 1. The Hall–Kier alpha value is -1.08. The van der Waals surface area contributed by atoms with Gasteiger partial charge in [-0.1, -0.05) is 48.9 Å². The molecule has 0 bridgehead atoms. The molecule has 2 atom stereocenters. The third-order valence-corrected chi connectivity index (χ3v) is 3.74. The second-order valence-electron chi connectivity index (χ2n) is 4.96. The van der Waals surface area contributed by atoms with Crippen LogP contribution in [0.3, 0.4) is 0 Å². The van der Waals surface area contributed by atoms with E-state index in [-0.39, 0.29) is 5.41 Å². The minimum atomic E-state index is -0.735. The number of aryl methyl sites for hydroxylation is 1. The minimum Gasteiger partial charge on any atom is -0.385 e. The Labute approximate surface area is 91.4 Å². The van der Waals surface area contributed by atoms with Crippen molar-refractivity contribution in [2.45, 2.75) is 38.2 Å². The molecule has 80 valence electrons. The number of rotatable bonds is 1. The molecule has 0 saturated heterocycles. The van der Waals surface area contributed by atoms with Crippen molar-refractivity contribution in [2.75, 3.05) is 0 Å². The van der Waals surface area contributed by atoms with Gasteiger partial charge in [0, 0.05) is 5.41 Å². The van der Waals surface area contributed by atoms with Gasteiger partial charge in [0.15, 0.2) is 0 Å². The first-order valence-electron chi connectivity index (χ1n) is 5.43. The van der Waals surface area contributed by atoms with Gasteiger partial charge in [-0.15, -0.1) is 0 Å². The molecule has 0 heterocycles. The number of benzene rings is 1. The summed E-state index contributed by atoms with van der Waals surface area (Å²) in [6.45, 7) is 6.10. The van der Waals surface area contributed by atoms with Crippen LogP contribution in [-0.2, 0) is 5.41 Å². The van der Waals surface area contributed by atoms with Gasteiger partial charge in [0.1, 0.15) is 0 Å². The van der Waals surface area contributed by atoms with Gasteiger partial charge in [0.05, 0.1) is 5.60 Å². The van der Waals surface area contributed by atoms with E-state index >= 15 is 0 Å². The predicted octanol–water partition coefficient (Wildman–Crippen LogP) is 2.96. The molecule has 0 radical (unpaired) electrons. The molecule has 0 spiro atoms. The molecule has 1 heteroatoms. The number of allylic oxidation sites excluding steroid dienone is 1. The molecule has 0 aliphatic heterocycles. The maximum atomic E-state index is 10.4. The number of aliphatic hydroxyl groups is 1. The van der Waals surface area contributed by atoms with Crippen LogP contribution < -0.4 is 0 Å². The minimum absolute atomic E-state index is 0.182. The van der Waals surface area contributed by atoms with Crippen LogP contribution in [0, 0.1) is 6.92 Å². The predicted molar refractivity (Wildman–Crippen MR) is 62.9 cm³/mol. The van der Waals surface area contributed by atoms with Crippen molar-refractivity contribution in [1.82, 2.24) is 0 Å². The molecule has 0 aromatic heterocycles. The third kappa shape index (κ3) is 1.51. The molecule has 0 fully saturated rings. The fraction of sp³-hybridized carbons (Fsp3) is 0.429. The van der Waals surface area contributed by atoms with Gasteiger partial charge in [-0.25, -0.2) is 0 Å². The Kier molecular flexibility index (Phi) is 2.23. The van der Waals surface area contributed by atoms with Gasteiger partial charge < -0.3 is 5.11 Å². The standard InChI is InChI=1S/C14H18O/c1-11-6-4-7-12(10-11)13(2)8-5-9-14(13,3)15/h4-7,9-10,15H,8H2,1-3H3. The van der Waals surface area contributed by atoms with Crippen LogP contribution in [0.4, 0.5) is 0 Å². The van der Waals surface area contributed by atoms with Crippen molar-refractivity contribution in [3.8, 4) is 0 Å². The van der Waals surface area contributed by atoms with Crippen LogP contribution in [0.15, 0.2) is 36.4 Å². The zero-order valence-corrected chi connectivity index (χ0v) is 9.62. The molecule has 1 aliphatic carbocycles. The van der Waals surface area contributed by atoms with E-state index in [4.69, 9.17) is 0 Å². The molecule has 1 N–H and O–H groups in total. The van der Waals surface area contributed by atoms with Crippen LogP contribution in [0.2, 0.25) is 0 Å². The summed E-state index contributed by atoms with van der Waals surface area (Å²) in [4.78, 5) is 0. The Bertz CT molecular complexity index is 404. The highest BCUT2D eigenvalue weighted by molar-refractivity contribution is 5.37. The molecule has 1 aromatic rings. The highest BCUT2D eigenvalue weighted by Crippen LogP contribution is 2.43. The fourth-order valence-electron chi connectivity index (χ4n) is 2.31. The normalized spacial score (nSPS) is 34.7. The van der Waals surface area contributed by atoms with Crippen LogP contribution >= 0.6 is 0 Å². The first-order valence-corrected chi connectivity index (χ1v) is 5.43. The smallest absolute Gasteiger partial charge is 0.0896 e. The second kappa shape index (κ2) is 3.21. The van der Waals surface area contributed by atoms with Crippen molar-refractivity contribution >= 4 is 0 Å². The van der Waals surface area contributed by atoms with E-state index in [1.807, 2.05) is 13.0 Å². The fourth-order valence-corrected chi connectivity index (χ4v) is 2.31. The van der Waals surface area contributed by atoms with Gasteiger partial charge in [-0.3, -0.25) is 0 Å². The number of hydrogen-bond acceptors (Lipinski definition) is 1. The van der Waals surface area contributed by atoms with Crippen molar-refractivity contribution < 1.29 is 5.11 Å². The van der Waals surface area contributed by atoms with E-state index in [9.17, 15) is 5.11 Å². The Morgan fingerprint density at radius 3 is 2.53 bits per heavy atom. The van der Waals surface area contributed by atoms with Crippen LogP contribution in [0.1, 0.15) is 31.4 Å². The van der Waals surface area contributed by atoms with E-state index in [0.29, 0.717) is 0 Å². The van der Waals surface area contributed by atoms with Crippen molar-refractivity contribution in [1.29, 1.82) is 0 Å². The largest absolute Gasteiger partial charge is 0.385 e. The molecular weight excluding hydrogens is 184 g/mol. The first-order chi connectivity index (χ1) is 6.96. The average Bonchev–Trinajstić information content (AvgIpc) is 2.43. The lowest BCUT2D eigenvalue weighted by Gasteiger charge is -2.37. The molecule has 1 aliphatic rings. The van der Waals surface area contributed by atoms with E-state index in [1.165, 1.54) is 11.1 Å². The van der Waals surface area contributed by atoms with Gasteiger partial charge in [0.25, 0.3) is 0 Å². The summed E-state index contributed by atoms with van der Waals surface area (Å²) in [6.07, 6.45) is 4.89. The lowest BCUT2D eigenvalue weighted by atomic mass is 9.71. The third-order valence-electron chi connectivity index (χ3n) is 3.74. The maximum absolute atomic E-state index is 10.4. The van der Waals surface area contributed by atoms with Crippen molar-refractivity contribution in [2.24, 2.45) is 0 Å². The van der Waals surface area contributed by atoms with Gasteiger partial charge in [0.2, 0.25) is 0 Å². The van der Waals surface area contributed by atoms with Crippen LogP contribution in [-0.4, -0.2) is 10.7 Å². The van der Waals surface area contributed by atoms with E-state index < -0.39 is 5.60 Å². The van der Waals surface area contributed by atoms with Crippen LogP contribution in [0.5, 0.6) is 0 Å². The maximum Gasteiger partial charge on any atom is 0.0896 e. The molecule has 0 amide bonds. The van der Waals surface area contributed by atoms with E-state index in [2.05, 4.69) is 44.2 Å². The molecule has 2 rings (SSSR count). The lowest BCUT2D eigenvalue weighted by Crippen LogP contribution is -2.42. The summed E-state index contributed by atoms with van der Waals surface area (Å²) < 4.78 is 0. The summed E-state index contributed by atoms with van der Waals surface area (Å²) in [5, 5.41) is 10.4. The quantitative estimate of drug-likeness (QED) is 0.694. The molecule has 1 aromatic carbocycles. The molecule has 15 heavy (non-hydrogen) atoms. The second-order valence-corrected chi connectivity index (χ2v) is 4.96. The summed E-state index contributed by atoms with van der Waals surface area (Å²) >= 11 is 0.